The molecule has 76 valence electrons. The fourth-order valence-corrected chi connectivity index (χ4v) is 0.392. The summed E-state index contributed by atoms with van der Waals surface area (Å²) >= 11 is 0. The van der Waals surface area contributed by atoms with Gasteiger partial charge in [-0.25, -0.2) is 5.48 Å². The van der Waals surface area contributed by atoms with Gasteiger partial charge in [0.1, 0.15) is 0 Å². The van der Waals surface area contributed by atoms with Crippen LogP contribution in [0.2, 0.25) is 0 Å². The van der Waals surface area contributed by atoms with E-state index in [1.165, 1.54) is 7.05 Å². The second-order valence-corrected chi connectivity index (χ2v) is 3.64. The van der Waals surface area contributed by atoms with E-state index in [2.05, 4.69) is 15.6 Å². The third kappa shape index (κ3) is 5.19. The molecule has 0 aliphatic rings. The minimum absolute atomic E-state index is 0.168. The maximum atomic E-state index is 11.2. The van der Waals surface area contributed by atoms with E-state index >= 15 is 0 Å². The van der Waals surface area contributed by atoms with Crippen molar-refractivity contribution >= 4 is 11.8 Å². The Morgan fingerprint density at radius 1 is 1.31 bits per heavy atom. The molecule has 0 saturated carbocycles. The summed E-state index contributed by atoms with van der Waals surface area (Å²) in [4.78, 5) is 26.5. The Hall–Kier alpha value is -1.10. The molecule has 0 atom stereocenters. The van der Waals surface area contributed by atoms with Crippen molar-refractivity contribution in [3.8, 4) is 0 Å². The van der Waals surface area contributed by atoms with E-state index in [0.29, 0.717) is 0 Å². The van der Waals surface area contributed by atoms with E-state index in [1.54, 1.807) is 20.8 Å². The topological polar surface area (TPSA) is 67.4 Å². The maximum absolute atomic E-state index is 11.2. The van der Waals surface area contributed by atoms with Gasteiger partial charge in [-0.2, -0.15) is 0 Å². The molecular formula is C8H16N2O3. The van der Waals surface area contributed by atoms with Crippen LogP contribution >= 0.6 is 0 Å². The quantitative estimate of drug-likeness (QED) is 0.604. The monoisotopic (exact) mass is 188 g/mol. The van der Waals surface area contributed by atoms with E-state index in [0.717, 1.165) is 0 Å². The van der Waals surface area contributed by atoms with Crippen molar-refractivity contribution < 1.29 is 14.4 Å². The first-order valence-corrected chi connectivity index (χ1v) is 4.00. The summed E-state index contributed by atoms with van der Waals surface area (Å²) < 4.78 is 0. The van der Waals surface area contributed by atoms with Crippen LogP contribution in [-0.2, 0) is 14.4 Å². The number of hydrogen-bond donors (Lipinski definition) is 2. The summed E-state index contributed by atoms with van der Waals surface area (Å²) in [6.45, 7) is 5.10. The van der Waals surface area contributed by atoms with Crippen molar-refractivity contribution in [2.75, 3.05) is 13.7 Å². The Morgan fingerprint density at radius 2 is 1.85 bits per heavy atom. The fourth-order valence-electron chi connectivity index (χ4n) is 0.392. The second kappa shape index (κ2) is 4.81. The van der Waals surface area contributed by atoms with Crippen LogP contribution in [0.5, 0.6) is 0 Å². The molecule has 0 unspecified atom stereocenters. The normalized spacial score (nSPS) is 10.8. The summed E-state index contributed by atoms with van der Waals surface area (Å²) in [6, 6.07) is 0. The molecule has 0 radical (unpaired) electrons. The van der Waals surface area contributed by atoms with Gasteiger partial charge in [-0.3, -0.25) is 14.4 Å². The van der Waals surface area contributed by atoms with Gasteiger partial charge in [0.2, 0.25) is 11.8 Å². The number of carbonyl (C=O) groups is 2. The molecule has 0 rings (SSSR count). The predicted molar refractivity (Wildman–Crippen MR) is 47.6 cm³/mol. The van der Waals surface area contributed by atoms with Crippen LogP contribution in [0.1, 0.15) is 20.8 Å². The summed E-state index contributed by atoms with van der Waals surface area (Å²) in [5, 5.41) is 2.36. The highest BCUT2D eigenvalue weighted by atomic mass is 16.7. The van der Waals surface area contributed by atoms with Gasteiger partial charge in [0.05, 0.1) is 0 Å². The average molecular weight is 188 g/mol. The molecule has 0 aromatic carbocycles. The van der Waals surface area contributed by atoms with Gasteiger partial charge >= 0.3 is 0 Å². The zero-order valence-electron chi connectivity index (χ0n) is 8.43. The summed E-state index contributed by atoms with van der Waals surface area (Å²) in [5.41, 5.74) is 1.68. The maximum Gasteiger partial charge on any atom is 0.248 e. The zero-order valence-corrected chi connectivity index (χ0v) is 8.43. The molecule has 0 aliphatic heterocycles. The van der Waals surface area contributed by atoms with Gasteiger partial charge in [0.25, 0.3) is 0 Å². The smallest absolute Gasteiger partial charge is 0.248 e. The van der Waals surface area contributed by atoms with Crippen molar-refractivity contribution in [2.24, 2.45) is 5.41 Å². The van der Waals surface area contributed by atoms with Crippen LogP contribution in [0.4, 0.5) is 0 Å². The molecule has 0 aromatic heterocycles. The molecule has 2 N–H and O–H groups in total. The lowest BCUT2D eigenvalue weighted by Gasteiger charge is -2.16. The lowest BCUT2D eigenvalue weighted by Crippen LogP contribution is -2.37. The molecule has 0 fully saturated rings. The molecule has 0 aliphatic carbocycles. The van der Waals surface area contributed by atoms with Crippen molar-refractivity contribution in [1.82, 2.24) is 10.8 Å². The zero-order chi connectivity index (χ0) is 10.5. The van der Waals surface area contributed by atoms with Crippen LogP contribution < -0.4 is 10.8 Å². The van der Waals surface area contributed by atoms with E-state index in [9.17, 15) is 9.59 Å². The molecule has 0 bridgehead atoms. The van der Waals surface area contributed by atoms with Crippen LogP contribution in [0.15, 0.2) is 0 Å². The number of carbonyl (C=O) groups excluding carboxylic acids is 2. The SMILES string of the molecule is CNC(=O)CONC(=O)C(C)(C)C. The molecular weight excluding hydrogens is 172 g/mol. The van der Waals surface area contributed by atoms with Crippen LogP contribution in [0.25, 0.3) is 0 Å². The summed E-state index contributed by atoms with van der Waals surface area (Å²) in [6.07, 6.45) is 0. The van der Waals surface area contributed by atoms with Gasteiger partial charge in [-0.1, -0.05) is 20.8 Å². The molecule has 5 heteroatoms. The molecule has 2 amide bonds. The third-order valence-electron chi connectivity index (χ3n) is 1.33. The minimum atomic E-state index is -0.511. The van der Waals surface area contributed by atoms with Crippen LogP contribution in [-0.4, -0.2) is 25.5 Å². The Bertz CT molecular complexity index is 196. The van der Waals surface area contributed by atoms with Crippen molar-refractivity contribution in [3.63, 3.8) is 0 Å². The Labute approximate surface area is 77.8 Å². The van der Waals surface area contributed by atoms with Crippen molar-refractivity contribution in [3.05, 3.63) is 0 Å². The van der Waals surface area contributed by atoms with Crippen molar-refractivity contribution in [1.29, 1.82) is 0 Å². The first kappa shape index (κ1) is 11.9. The first-order valence-electron chi connectivity index (χ1n) is 4.00. The highest BCUT2D eigenvalue weighted by Crippen LogP contribution is 2.11. The number of amides is 2. The first-order chi connectivity index (χ1) is 5.88. The van der Waals surface area contributed by atoms with Gasteiger partial charge < -0.3 is 5.32 Å². The molecule has 0 aromatic rings. The van der Waals surface area contributed by atoms with Crippen molar-refractivity contribution in [2.45, 2.75) is 20.8 Å². The number of hydroxylamine groups is 1. The Kier molecular flexibility index (Phi) is 4.40. The summed E-state index contributed by atoms with van der Waals surface area (Å²) in [7, 11) is 1.50. The molecule has 13 heavy (non-hydrogen) atoms. The number of hydrogen-bond acceptors (Lipinski definition) is 3. The Morgan fingerprint density at radius 3 is 2.23 bits per heavy atom. The second-order valence-electron chi connectivity index (χ2n) is 3.64. The summed E-state index contributed by atoms with van der Waals surface area (Å²) in [5.74, 6) is -0.536. The minimum Gasteiger partial charge on any atom is -0.357 e. The van der Waals surface area contributed by atoms with E-state index in [4.69, 9.17) is 0 Å². The van der Waals surface area contributed by atoms with Gasteiger partial charge in [-0.15, -0.1) is 0 Å². The lowest BCUT2D eigenvalue weighted by atomic mass is 9.96. The molecule has 0 saturated heterocycles. The van der Waals surface area contributed by atoms with E-state index in [-0.39, 0.29) is 18.4 Å². The van der Waals surface area contributed by atoms with E-state index in [1.807, 2.05) is 0 Å². The molecule has 5 nitrogen and oxygen atoms in total. The largest absolute Gasteiger partial charge is 0.357 e. The molecule has 0 heterocycles. The fraction of sp³-hybridized carbons (Fsp3) is 0.750. The Balaban J connectivity index is 3.67. The van der Waals surface area contributed by atoms with Gasteiger partial charge in [0, 0.05) is 12.5 Å². The number of rotatable bonds is 3. The number of likely N-dealkylation sites (N-methyl/N-ethyl adjacent to an activating group) is 1. The lowest BCUT2D eigenvalue weighted by molar-refractivity contribution is -0.145. The highest BCUT2D eigenvalue weighted by Gasteiger charge is 2.21. The number of nitrogens with one attached hydrogen (secondary N) is 2. The average Bonchev–Trinajstić information content (AvgIpc) is 2.02. The standard InChI is InChI=1S/C8H16N2O3/c1-8(2,3)7(12)10-13-5-6(11)9-4/h5H2,1-4H3,(H,9,11)(H,10,12). The van der Waals surface area contributed by atoms with Crippen LogP contribution in [0.3, 0.4) is 0 Å². The van der Waals surface area contributed by atoms with E-state index < -0.39 is 5.41 Å². The highest BCUT2D eigenvalue weighted by molar-refractivity contribution is 5.81. The molecule has 0 spiro atoms. The van der Waals surface area contributed by atoms with Gasteiger partial charge in [-0.05, 0) is 0 Å². The third-order valence-corrected chi connectivity index (χ3v) is 1.33. The van der Waals surface area contributed by atoms with Gasteiger partial charge in [0.15, 0.2) is 6.61 Å². The predicted octanol–water partition coefficient (Wildman–Crippen LogP) is -0.174. The van der Waals surface area contributed by atoms with Crippen LogP contribution in [0, 0.1) is 5.41 Å².